The van der Waals surface area contributed by atoms with Crippen molar-refractivity contribution < 1.29 is 13.2 Å². The maximum atomic E-state index is 12.3. The molecule has 7 nitrogen and oxygen atoms in total. The molecular weight excluding hydrogens is 412 g/mol. The molecule has 1 saturated heterocycles. The molecule has 8 heteroatoms. The normalized spacial score (nSPS) is 17.6. The number of rotatable bonds is 9. The van der Waals surface area contributed by atoms with Gasteiger partial charge < -0.3 is 5.32 Å². The van der Waals surface area contributed by atoms with Gasteiger partial charge in [-0.25, -0.2) is 13.1 Å². The van der Waals surface area contributed by atoms with Crippen LogP contribution in [0.3, 0.4) is 0 Å². The Hall–Kier alpha value is -2.57. The molecule has 3 rings (SSSR count). The van der Waals surface area contributed by atoms with Crippen molar-refractivity contribution >= 4 is 15.8 Å². The molecule has 0 spiro atoms. The average Bonchev–Trinajstić information content (AvgIpc) is 2.82. The molecule has 1 aliphatic rings. The Labute approximate surface area is 183 Å². The minimum Gasteiger partial charge on any atom is -0.307 e. The number of nitriles is 1. The van der Waals surface area contributed by atoms with Gasteiger partial charge in [0.25, 0.3) is 0 Å². The second-order valence-electron chi connectivity index (χ2n) is 7.66. The average molecular weight is 441 g/mol. The molecule has 2 atom stereocenters. The number of piperidine rings is 1. The van der Waals surface area contributed by atoms with E-state index in [2.05, 4.69) is 21.4 Å². The van der Waals surface area contributed by atoms with E-state index in [-0.39, 0.29) is 23.3 Å². The lowest BCUT2D eigenvalue weighted by atomic mass is 9.99. The van der Waals surface area contributed by atoms with E-state index >= 15 is 0 Å². The van der Waals surface area contributed by atoms with Gasteiger partial charge in [0, 0.05) is 6.42 Å². The van der Waals surface area contributed by atoms with Crippen LogP contribution in [-0.2, 0) is 21.2 Å². The van der Waals surface area contributed by atoms with Crippen LogP contribution in [0.25, 0.3) is 11.1 Å². The van der Waals surface area contributed by atoms with Gasteiger partial charge in [-0.15, -0.1) is 0 Å². The zero-order chi connectivity index (χ0) is 22.3. The molecule has 0 radical (unpaired) electrons. The van der Waals surface area contributed by atoms with E-state index in [9.17, 15) is 18.5 Å². The third-order valence-electron chi connectivity index (χ3n) is 5.54. The maximum Gasteiger partial charge on any atom is 0.240 e. The highest BCUT2D eigenvalue weighted by atomic mass is 32.2. The predicted molar refractivity (Wildman–Crippen MR) is 120 cm³/mol. The highest BCUT2D eigenvalue weighted by Crippen LogP contribution is 2.22. The summed E-state index contributed by atoms with van der Waals surface area (Å²) < 4.78 is 26.0. The Morgan fingerprint density at radius 2 is 1.77 bits per heavy atom. The van der Waals surface area contributed by atoms with Crippen molar-refractivity contribution in [2.24, 2.45) is 0 Å². The number of carbonyl (C=O) groups is 1. The minimum absolute atomic E-state index is 0.102. The van der Waals surface area contributed by atoms with Crippen molar-refractivity contribution in [1.82, 2.24) is 15.4 Å². The molecule has 2 aromatic rings. The lowest BCUT2D eigenvalue weighted by Gasteiger charge is -2.22. The van der Waals surface area contributed by atoms with Crippen LogP contribution in [0, 0.1) is 11.3 Å². The lowest BCUT2D eigenvalue weighted by Crippen LogP contribution is -2.46. The first kappa shape index (κ1) is 23.1. The fourth-order valence-electron chi connectivity index (χ4n) is 3.65. The summed E-state index contributed by atoms with van der Waals surface area (Å²) >= 11 is 0. The Bertz CT molecular complexity index is 1020. The highest BCUT2D eigenvalue weighted by molar-refractivity contribution is 7.89. The largest absolute Gasteiger partial charge is 0.307 e. The molecule has 0 saturated carbocycles. The quantitative estimate of drug-likeness (QED) is 0.550. The predicted octanol–water partition coefficient (Wildman–Crippen LogP) is 2.00. The molecule has 1 aliphatic heterocycles. The van der Waals surface area contributed by atoms with E-state index in [0.717, 1.165) is 42.5 Å². The number of ketones is 1. The molecule has 0 aromatic heterocycles. The van der Waals surface area contributed by atoms with Crippen LogP contribution >= 0.6 is 0 Å². The van der Waals surface area contributed by atoms with Crippen molar-refractivity contribution in [3.63, 3.8) is 0 Å². The summed E-state index contributed by atoms with van der Waals surface area (Å²) in [5.41, 5.74) is 2.85. The van der Waals surface area contributed by atoms with Crippen LogP contribution in [-0.4, -0.2) is 46.4 Å². The third kappa shape index (κ3) is 6.21. The number of hydrogen-bond acceptors (Lipinski definition) is 6. The molecule has 0 bridgehead atoms. The Morgan fingerprint density at radius 1 is 1.13 bits per heavy atom. The summed E-state index contributed by atoms with van der Waals surface area (Å²) in [6.45, 7) is 1.06. The van der Waals surface area contributed by atoms with Crippen LogP contribution in [0.15, 0.2) is 53.4 Å². The minimum atomic E-state index is -3.45. The first-order valence-electron chi connectivity index (χ1n) is 10.4. The summed E-state index contributed by atoms with van der Waals surface area (Å²) in [7, 11) is -2.07. The van der Waals surface area contributed by atoms with Gasteiger partial charge in [-0.05, 0) is 55.3 Å². The van der Waals surface area contributed by atoms with Gasteiger partial charge in [-0.3, -0.25) is 10.1 Å². The fraction of sp³-hybridized carbons (Fsp3) is 0.391. The molecule has 0 unspecified atom stereocenters. The maximum absolute atomic E-state index is 12.3. The molecule has 1 heterocycles. The molecule has 1 fully saturated rings. The van der Waals surface area contributed by atoms with Gasteiger partial charge in [0.15, 0.2) is 5.78 Å². The third-order valence-corrected chi connectivity index (χ3v) is 6.97. The first-order chi connectivity index (χ1) is 14.9. The molecule has 0 amide bonds. The molecule has 164 valence electrons. The van der Waals surface area contributed by atoms with E-state index in [1.54, 1.807) is 24.3 Å². The van der Waals surface area contributed by atoms with Crippen molar-refractivity contribution in [2.45, 2.75) is 42.7 Å². The number of sulfonamides is 1. The van der Waals surface area contributed by atoms with Crippen molar-refractivity contribution in [2.75, 3.05) is 20.1 Å². The second-order valence-corrected chi connectivity index (χ2v) is 9.55. The van der Waals surface area contributed by atoms with E-state index in [0.29, 0.717) is 6.42 Å². The van der Waals surface area contributed by atoms with Crippen molar-refractivity contribution in [1.29, 1.82) is 5.26 Å². The van der Waals surface area contributed by atoms with E-state index < -0.39 is 16.1 Å². The first-order valence-corrected chi connectivity index (χ1v) is 11.9. The number of hydrogen-bond donors (Lipinski definition) is 3. The number of nitrogens with zero attached hydrogens (tertiary/aromatic N) is 1. The van der Waals surface area contributed by atoms with Crippen LogP contribution in [0.1, 0.15) is 24.8 Å². The zero-order valence-corrected chi connectivity index (χ0v) is 18.4. The van der Waals surface area contributed by atoms with Gasteiger partial charge in [0.05, 0.1) is 29.6 Å². The molecular formula is C23H28N4O3S. The molecule has 3 N–H and O–H groups in total. The van der Waals surface area contributed by atoms with E-state index in [4.69, 9.17) is 0 Å². The van der Waals surface area contributed by atoms with Gasteiger partial charge in [-0.2, -0.15) is 5.26 Å². The summed E-state index contributed by atoms with van der Waals surface area (Å²) in [6.07, 6.45) is 3.53. The van der Waals surface area contributed by atoms with Gasteiger partial charge in [-0.1, -0.05) is 42.8 Å². The zero-order valence-electron chi connectivity index (χ0n) is 17.6. The number of Topliss-reactive ketones (excluding diaryl/α,β-unsaturated/α-hetero) is 1. The Kier molecular flexibility index (Phi) is 7.93. The monoisotopic (exact) mass is 440 g/mol. The SMILES string of the molecule is CNS(=O)(=O)c1ccc(-c2ccc(C[C@@H](C#N)NCC(=O)[C@@H]3CCCCN3)cc2)cc1. The molecule has 2 aromatic carbocycles. The smallest absolute Gasteiger partial charge is 0.240 e. The topological polar surface area (TPSA) is 111 Å². The Balaban J connectivity index is 1.57. The Morgan fingerprint density at radius 3 is 2.32 bits per heavy atom. The van der Waals surface area contributed by atoms with Gasteiger partial charge in [0.1, 0.15) is 0 Å². The second kappa shape index (κ2) is 10.6. The number of benzene rings is 2. The van der Waals surface area contributed by atoms with E-state index in [1.807, 2.05) is 24.3 Å². The van der Waals surface area contributed by atoms with Crippen molar-refractivity contribution in [3.05, 3.63) is 54.1 Å². The number of nitrogens with one attached hydrogen (secondary N) is 3. The highest BCUT2D eigenvalue weighted by Gasteiger charge is 2.21. The van der Waals surface area contributed by atoms with Crippen molar-refractivity contribution in [3.8, 4) is 17.2 Å². The molecule has 0 aliphatic carbocycles. The van der Waals surface area contributed by atoms with Gasteiger partial charge in [0.2, 0.25) is 10.0 Å². The summed E-state index contributed by atoms with van der Waals surface area (Å²) in [6, 6.07) is 16.2. The van der Waals surface area contributed by atoms with E-state index in [1.165, 1.54) is 7.05 Å². The number of carbonyl (C=O) groups excluding carboxylic acids is 1. The lowest BCUT2D eigenvalue weighted by molar-refractivity contribution is -0.120. The summed E-state index contributed by atoms with van der Waals surface area (Å²) in [4.78, 5) is 12.5. The summed E-state index contributed by atoms with van der Waals surface area (Å²) in [5, 5.41) is 15.8. The molecule has 31 heavy (non-hydrogen) atoms. The standard InChI is InChI=1S/C23H28N4O3S/c1-25-31(29,30)21-11-9-19(10-12-21)18-7-5-17(6-8-18)14-20(15-24)27-16-23(28)22-4-2-3-13-26-22/h5-12,20,22,25-27H,2-4,13-14,16H2,1H3/t20-,22-/m0/s1. The van der Waals surface area contributed by atoms with Crippen LogP contribution < -0.4 is 15.4 Å². The van der Waals surface area contributed by atoms with Crippen LogP contribution in [0.4, 0.5) is 0 Å². The van der Waals surface area contributed by atoms with Crippen LogP contribution in [0.2, 0.25) is 0 Å². The summed E-state index contributed by atoms with van der Waals surface area (Å²) in [5.74, 6) is 0.110. The fourth-order valence-corrected chi connectivity index (χ4v) is 4.38. The van der Waals surface area contributed by atoms with Crippen LogP contribution in [0.5, 0.6) is 0 Å². The van der Waals surface area contributed by atoms with Gasteiger partial charge >= 0.3 is 0 Å².